The highest BCUT2D eigenvalue weighted by Crippen LogP contribution is 2.33. The minimum absolute atomic E-state index is 0.00778. The zero-order valence-corrected chi connectivity index (χ0v) is 21.5. The molecule has 1 N–H and O–H groups in total. The molecule has 192 valence electrons. The normalized spacial score (nSPS) is 16.6. The molecule has 2 aliphatic rings. The average Bonchev–Trinajstić information content (AvgIpc) is 3.27. The van der Waals surface area contributed by atoms with Crippen molar-refractivity contribution in [2.45, 2.75) is 13.8 Å². The van der Waals surface area contributed by atoms with E-state index >= 15 is 0 Å². The summed E-state index contributed by atoms with van der Waals surface area (Å²) in [6.07, 6.45) is 1.34. The number of esters is 1. The molecule has 13 heteroatoms. The van der Waals surface area contributed by atoms with E-state index in [1.54, 1.807) is 13.8 Å². The highest BCUT2D eigenvalue weighted by atomic mass is 32.2. The molecule has 0 bridgehead atoms. The van der Waals surface area contributed by atoms with E-state index in [9.17, 15) is 22.4 Å². The number of carbonyl (C=O) groups is 2. The molecule has 2 heterocycles. The van der Waals surface area contributed by atoms with Gasteiger partial charge < -0.3 is 9.47 Å². The number of amidine groups is 3. The molecule has 0 atom stereocenters. The number of methoxy groups -OCH3 is 1. The van der Waals surface area contributed by atoms with Gasteiger partial charge >= 0.3 is 5.97 Å². The monoisotopic (exact) mass is 544 g/mol. The van der Waals surface area contributed by atoms with E-state index in [-0.39, 0.29) is 50.5 Å². The van der Waals surface area contributed by atoms with Crippen molar-refractivity contribution in [3.05, 3.63) is 65.0 Å². The molecule has 2 aliphatic heterocycles. The number of rotatable bonds is 6. The van der Waals surface area contributed by atoms with Gasteiger partial charge in [0, 0.05) is 0 Å². The van der Waals surface area contributed by atoms with Gasteiger partial charge in [0.2, 0.25) is 20.2 Å². The summed E-state index contributed by atoms with van der Waals surface area (Å²) < 4.78 is 54.0. The summed E-state index contributed by atoms with van der Waals surface area (Å²) in [4.78, 5) is 30.0. The van der Waals surface area contributed by atoms with Gasteiger partial charge in [0.05, 0.1) is 35.9 Å². The Morgan fingerprint density at radius 2 is 1.95 bits per heavy atom. The van der Waals surface area contributed by atoms with Crippen molar-refractivity contribution in [1.29, 1.82) is 5.41 Å². The zero-order chi connectivity index (χ0) is 26.9. The van der Waals surface area contributed by atoms with Crippen LogP contribution in [0.3, 0.4) is 0 Å². The summed E-state index contributed by atoms with van der Waals surface area (Å²) in [6.45, 7) is 3.49. The van der Waals surface area contributed by atoms with Crippen molar-refractivity contribution >= 4 is 55.9 Å². The maximum Gasteiger partial charge on any atom is 0.346 e. The number of nitrogens with zero attached hydrogens (tertiary/aromatic N) is 3. The number of carbonyl (C=O) groups excluding carboxylic acids is 2. The van der Waals surface area contributed by atoms with Crippen LogP contribution >= 0.6 is 11.9 Å². The lowest BCUT2D eigenvalue weighted by Gasteiger charge is -2.24. The Bertz CT molecular complexity index is 1510. The molecule has 2 aromatic carbocycles. The zero-order valence-electron chi connectivity index (χ0n) is 19.9. The summed E-state index contributed by atoms with van der Waals surface area (Å²) >= 11 is 0.718. The molecule has 0 fully saturated rings. The molecule has 0 radical (unpaired) electrons. The van der Waals surface area contributed by atoms with Gasteiger partial charge in [-0.15, -0.1) is 0 Å². The van der Waals surface area contributed by atoms with Gasteiger partial charge in [-0.2, -0.15) is 9.39 Å². The number of nitrogens with one attached hydrogen (secondary N) is 1. The van der Waals surface area contributed by atoms with Gasteiger partial charge in [0.1, 0.15) is 11.7 Å². The Hall–Kier alpha value is -3.84. The number of benzene rings is 2. The van der Waals surface area contributed by atoms with Gasteiger partial charge in [0.25, 0.3) is 5.91 Å². The standard InChI is InChI=1S/C24H21FN4O6S2/c1-13(2)12-37(32,33)24-28-36-23-27-21(30)16(20(26)29(23)24)10-14-8-9-18(19(11-14)34-3)35-22(31)15-6-4-5-7-17(15)25/h4-11,13,26H,12H2,1-3H3/b16-10-,26-20?. The average molecular weight is 545 g/mol. The minimum atomic E-state index is -3.83. The molecule has 0 unspecified atom stereocenters. The Balaban J connectivity index is 1.63. The van der Waals surface area contributed by atoms with Crippen molar-refractivity contribution < 1.29 is 31.9 Å². The smallest absolute Gasteiger partial charge is 0.346 e. The highest BCUT2D eigenvalue weighted by Gasteiger charge is 2.42. The third-order valence-electron chi connectivity index (χ3n) is 5.12. The lowest BCUT2D eigenvalue weighted by molar-refractivity contribution is -0.114. The van der Waals surface area contributed by atoms with Crippen LogP contribution in [0.25, 0.3) is 6.08 Å². The molecule has 0 saturated heterocycles. The van der Waals surface area contributed by atoms with Crippen molar-refractivity contribution in [2.75, 3.05) is 12.9 Å². The summed E-state index contributed by atoms with van der Waals surface area (Å²) in [7, 11) is -2.50. The van der Waals surface area contributed by atoms with Crippen LogP contribution in [0, 0.1) is 17.1 Å². The number of aliphatic imine (C=N–C) groups is 1. The van der Waals surface area contributed by atoms with E-state index in [0.717, 1.165) is 22.9 Å². The first-order chi connectivity index (χ1) is 17.5. The topological polar surface area (TPSA) is 139 Å². The predicted molar refractivity (Wildman–Crippen MR) is 138 cm³/mol. The molecular formula is C24H21FN4O6S2. The van der Waals surface area contributed by atoms with Crippen molar-refractivity contribution in [1.82, 2.24) is 4.90 Å². The van der Waals surface area contributed by atoms with Crippen LogP contribution in [0.4, 0.5) is 4.39 Å². The second kappa shape index (κ2) is 10.3. The molecule has 0 aromatic heterocycles. The minimum Gasteiger partial charge on any atom is -0.493 e. The molecule has 10 nitrogen and oxygen atoms in total. The summed E-state index contributed by atoms with van der Waals surface area (Å²) in [6, 6.07) is 9.69. The van der Waals surface area contributed by atoms with E-state index in [1.165, 1.54) is 49.6 Å². The number of fused-ring (bicyclic) bond motifs is 1. The maximum atomic E-state index is 13.9. The van der Waals surface area contributed by atoms with Crippen LogP contribution in [0.1, 0.15) is 29.8 Å². The van der Waals surface area contributed by atoms with E-state index < -0.39 is 27.5 Å². The quantitative estimate of drug-likeness (QED) is 0.251. The number of amides is 1. The van der Waals surface area contributed by atoms with Gasteiger partial charge in [-0.05, 0) is 41.8 Å². The van der Waals surface area contributed by atoms with Gasteiger partial charge in [-0.25, -0.2) is 22.5 Å². The number of halogens is 1. The third kappa shape index (κ3) is 5.32. The van der Waals surface area contributed by atoms with Crippen LogP contribution < -0.4 is 9.47 Å². The van der Waals surface area contributed by atoms with Crippen LogP contribution in [-0.2, 0) is 14.6 Å². The Labute approximate surface area is 216 Å². The van der Waals surface area contributed by atoms with Crippen LogP contribution in [0.15, 0.2) is 57.4 Å². The molecule has 4 rings (SSSR count). The second-order valence-corrected chi connectivity index (χ2v) is 11.0. The van der Waals surface area contributed by atoms with Gasteiger partial charge in [-0.3, -0.25) is 10.2 Å². The number of hydrogen-bond acceptors (Lipinski definition) is 9. The Morgan fingerprint density at radius 1 is 1.22 bits per heavy atom. The molecular weight excluding hydrogens is 523 g/mol. The fourth-order valence-corrected chi connectivity index (χ4v) is 6.25. The second-order valence-electron chi connectivity index (χ2n) is 8.36. The Kier molecular flexibility index (Phi) is 7.28. The van der Waals surface area contributed by atoms with E-state index in [0.29, 0.717) is 5.56 Å². The van der Waals surface area contributed by atoms with Crippen molar-refractivity contribution in [3.63, 3.8) is 0 Å². The lowest BCUT2D eigenvalue weighted by atomic mass is 10.1. The Morgan fingerprint density at radius 3 is 2.62 bits per heavy atom. The van der Waals surface area contributed by atoms with E-state index in [1.807, 2.05) is 0 Å². The third-order valence-corrected chi connectivity index (χ3v) is 7.87. The number of hydrogen-bond donors (Lipinski definition) is 1. The van der Waals surface area contributed by atoms with E-state index in [4.69, 9.17) is 14.9 Å². The SMILES string of the molecule is COc1cc(/C=C2/C(=N)N3C(=NC2=O)SN=C3S(=O)(=O)CC(C)C)ccc1OC(=O)c1ccccc1F. The van der Waals surface area contributed by atoms with Crippen LogP contribution in [-0.4, -0.2) is 54.2 Å². The van der Waals surface area contributed by atoms with Crippen molar-refractivity contribution in [3.8, 4) is 11.5 Å². The molecule has 37 heavy (non-hydrogen) atoms. The molecule has 2 aromatic rings. The first-order valence-corrected chi connectivity index (χ1v) is 13.3. The first kappa shape index (κ1) is 26.2. The number of sulfone groups is 1. The van der Waals surface area contributed by atoms with Crippen molar-refractivity contribution in [2.24, 2.45) is 15.3 Å². The first-order valence-electron chi connectivity index (χ1n) is 10.9. The van der Waals surface area contributed by atoms with Crippen LogP contribution in [0.5, 0.6) is 11.5 Å². The molecule has 0 saturated carbocycles. The molecule has 0 spiro atoms. The fraction of sp³-hybridized carbons (Fsp3) is 0.208. The lowest BCUT2D eigenvalue weighted by Crippen LogP contribution is -2.46. The van der Waals surface area contributed by atoms with Gasteiger partial charge in [-0.1, -0.05) is 32.0 Å². The maximum absolute atomic E-state index is 13.9. The fourth-order valence-electron chi connectivity index (χ4n) is 3.52. The molecule has 0 aliphatic carbocycles. The number of ether oxygens (including phenoxy) is 2. The summed E-state index contributed by atoms with van der Waals surface area (Å²) in [5.41, 5.74) is -0.0412. The largest absolute Gasteiger partial charge is 0.493 e. The van der Waals surface area contributed by atoms with E-state index in [2.05, 4.69) is 9.39 Å². The predicted octanol–water partition coefficient (Wildman–Crippen LogP) is 3.70. The van der Waals surface area contributed by atoms with Gasteiger partial charge in [0.15, 0.2) is 11.5 Å². The summed E-state index contributed by atoms with van der Waals surface area (Å²) in [5, 5.41) is 8.20. The van der Waals surface area contributed by atoms with Crippen LogP contribution in [0.2, 0.25) is 0 Å². The molecule has 1 amide bonds. The highest BCUT2D eigenvalue weighted by molar-refractivity contribution is 8.16. The summed E-state index contributed by atoms with van der Waals surface area (Å²) in [5.74, 6) is -3.02.